The molecular formula is C37H57N7O6. The second-order valence-corrected chi connectivity index (χ2v) is 15.7. The van der Waals surface area contributed by atoms with Crippen LogP contribution in [0.2, 0.25) is 0 Å². The van der Waals surface area contributed by atoms with Crippen LogP contribution in [0.25, 0.3) is 0 Å². The first-order valence-electron chi connectivity index (χ1n) is 18.6. The minimum Gasteiger partial charge on any atom is -0.347 e. The van der Waals surface area contributed by atoms with Gasteiger partial charge in [0.15, 0.2) is 0 Å². The Morgan fingerprint density at radius 1 is 0.900 bits per heavy atom. The molecule has 3 aliphatic rings. The minimum atomic E-state index is -1.02. The number of ketones is 1. The van der Waals surface area contributed by atoms with Gasteiger partial charge in [-0.1, -0.05) is 73.1 Å². The van der Waals surface area contributed by atoms with Gasteiger partial charge in [0.25, 0.3) is 11.8 Å². The van der Waals surface area contributed by atoms with E-state index in [1.807, 2.05) is 27.7 Å². The Labute approximate surface area is 296 Å². The van der Waals surface area contributed by atoms with Gasteiger partial charge in [0, 0.05) is 25.0 Å². The zero-order valence-electron chi connectivity index (χ0n) is 30.5. The number of carbonyl (C=O) groups is 6. The van der Waals surface area contributed by atoms with Crippen molar-refractivity contribution in [3.8, 4) is 0 Å². The van der Waals surface area contributed by atoms with Crippen molar-refractivity contribution in [2.75, 3.05) is 13.1 Å². The lowest BCUT2D eigenvalue weighted by Gasteiger charge is -2.38. The molecule has 13 heteroatoms. The summed E-state index contributed by atoms with van der Waals surface area (Å²) in [6, 6.07) is -2.90. The van der Waals surface area contributed by atoms with Crippen molar-refractivity contribution >= 4 is 35.3 Å². The number of hydrogen-bond acceptors (Lipinski definition) is 8. The molecule has 0 saturated heterocycles. The Balaban J connectivity index is 1.54. The largest absolute Gasteiger partial charge is 0.347 e. The average molecular weight is 696 g/mol. The number of Topliss-reactive ketones (excluding diaryl/α,β-unsaturated/α-hetero) is 1. The molecule has 3 saturated carbocycles. The zero-order valence-corrected chi connectivity index (χ0v) is 30.5. The molecule has 1 heterocycles. The first kappa shape index (κ1) is 38.9. The van der Waals surface area contributed by atoms with Crippen molar-refractivity contribution in [3.05, 3.63) is 24.3 Å². The standard InChI is InChI=1S/C37H57N7O6/c1-6-11-27(31(46)35(49)40-26-16-17-26)41-29(45)22-44(21-25-15-10-12-23(25)2)36(50)32(37(3,4)5)43-34(48)30(24-13-8-7-9-14-24)42-33(47)28-20-38-18-19-39-28/h18-20,23-27,30,32H,6-17,21-22H2,1-5H3,(H,40,49)(H,41,45)(H,42,47)(H,43,48)/t23-,25-,27-,30-,32+/m0/s1. The molecule has 1 aromatic rings. The van der Waals surface area contributed by atoms with E-state index in [0.717, 1.165) is 64.2 Å². The molecule has 276 valence electrons. The van der Waals surface area contributed by atoms with Crippen LogP contribution in [0, 0.1) is 23.2 Å². The van der Waals surface area contributed by atoms with E-state index in [1.54, 1.807) is 0 Å². The Morgan fingerprint density at radius 2 is 1.62 bits per heavy atom. The van der Waals surface area contributed by atoms with E-state index < -0.39 is 58.9 Å². The lowest BCUT2D eigenvalue weighted by Crippen LogP contribution is -2.61. The zero-order chi connectivity index (χ0) is 36.4. The number of amides is 5. The summed E-state index contributed by atoms with van der Waals surface area (Å²) in [6.45, 7) is 9.58. The van der Waals surface area contributed by atoms with Crippen molar-refractivity contribution in [2.24, 2.45) is 23.2 Å². The number of carbonyl (C=O) groups excluding carboxylic acids is 6. The number of rotatable bonds is 16. The van der Waals surface area contributed by atoms with Gasteiger partial charge < -0.3 is 26.2 Å². The van der Waals surface area contributed by atoms with Crippen LogP contribution < -0.4 is 21.3 Å². The van der Waals surface area contributed by atoms with Crippen LogP contribution >= 0.6 is 0 Å². The highest BCUT2D eigenvalue weighted by molar-refractivity contribution is 6.38. The van der Waals surface area contributed by atoms with Crippen LogP contribution in [0.4, 0.5) is 0 Å². The maximum atomic E-state index is 14.6. The third-order valence-corrected chi connectivity index (χ3v) is 10.4. The van der Waals surface area contributed by atoms with E-state index in [9.17, 15) is 28.8 Å². The monoisotopic (exact) mass is 695 g/mol. The lowest BCUT2D eigenvalue weighted by atomic mass is 9.82. The van der Waals surface area contributed by atoms with E-state index in [1.165, 1.54) is 23.5 Å². The van der Waals surface area contributed by atoms with Crippen LogP contribution in [-0.4, -0.2) is 87.4 Å². The average Bonchev–Trinajstić information content (AvgIpc) is 3.82. The van der Waals surface area contributed by atoms with Crippen molar-refractivity contribution in [1.29, 1.82) is 0 Å². The molecule has 4 rings (SSSR count). The van der Waals surface area contributed by atoms with Crippen LogP contribution in [0.3, 0.4) is 0 Å². The first-order chi connectivity index (χ1) is 23.8. The fraction of sp³-hybridized carbons (Fsp3) is 0.730. The highest BCUT2D eigenvalue weighted by Crippen LogP contribution is 2.33. The van der Waals surface area contributed by atoms with Crippen molar-refractivity contribution < 1.29 is 28.8 Å². The highest BCUT2D eigenvalue weighted by Gasteiger charge is 2.41. The van der Waals surface area contributed by atoms with Gasteiger partial charge in [-0.15, -0.1) is 0 Å². The fourth-order valence-electron chi connectivity index (χ4n) is 7.18. The summed E-state index contributed by atoms with van der Waals surface area (Å²) < 4.78 is 0. The van der Waals surface area contributed by atoms with Crippen LogP contribution in [-0.2, 0) is 24.0 Å². The molecule has 5 amide bonds. The van der Waals surface area contributed by atoms with Gasteiger partial charge >= 0.3 is 0 Å². The van der Waals surface area contributed by atoms with Crippen molar-refractivity contribution in [1.82, 2.24) is 36.1 Å². The number of aromatic nitrogens is 2. The molecule has 3 fully saturated rings. The van der Waals surface area contributed by atoms with E-state index in [2.05, 4.69) is 38.2 Å². The summed E-state index contributed by atoms with van der Waals surface area (Å²) in [7, 11) is 0. The van der Waals surface area contributed by atoms with Gasteiger partial charge in [-0.25, -0.2) is 4.98 Å². The second-order valence-electron chi connectivity index (χ2n) is 15.7. The van der Waals surface area contributed by atoms with Gasteiger partial charge in [-0.05, 0) is 61.7 Å². The Bertz CT molecular complexity index is 1360. The summed E-state index contributed by atoms with van der Waals surface area (Å²) in [4.78, 5) is 90.7. The molecule has 0 radical (unpaired) electrons. The third-order valence-electron chi connectivity index (χ3n) is 10.4. The topological polar surface area (TPSA) is 180 Å². The molecule has 0 unspecified atom stereocenters. The molecule has 0 spiro atoms. The van der Waals surface area contributed by atoms with E-state index >= 15 is 0 Å². The van der Waals surface area contributed by atoms with Crippen LogP contribution in [0.5, 0.6) is 0 Å². The molecule has 5 atom stereocenters. The Kier molecular flexibility index (Phi) is 13.9. The summed E-state index contributed by atoms with van der Waals surface area (Å²) in [6.07, 6.45) is 14.2. The number of nitrogens with one attached hydrogen (secondary N) is 4. The molecule has 1 aromatic heterocycles. The third kappa shape index (κ3) is 11.1. The maximum Gasteiger partial charge on any atom is 0.289 e. The van der Waals surface area contributed by atoms with E-state index in [-0.39, 0.29) is 30.1 Å². The summed E-state index contributed by atoms with van der Waals surface area (Å²) in [5, 5.41) is 11.3. The predicted octanol–water partition coefficient (Wildman–Crippen LogP) is 3.08. The molecular weight excluding hydrogens is 638 g/mol. The van der Waals surface area contributed by atoms with Crippen molar-refractivity contribution in [3.63, 3.8) is 0 Å². The SMILES string of the molecule is CCC[C@H](NC(=O)CN(C[C@@H]1CCC[C@@H]1C)C(=O)[C@@H](NC(=O)[C@@H](NC(=O)c1cnccn1)C1CCCCC1)C(C)(C)C)C(=O)C(=O)NC1CC1. The summed E-state index contributed by atoms with van der Waals surface area (Å²) in [5.41, 5.74) is -0.659. The Hall–Kier alpha value is -3.90. The van der Waals surface area contributed by atoms with Crippen LogP contribution in [0.15, 0.2) is 18.6 Å². The summed E-state index contributed by atoms with van der Waals surface area (Å²) in [5.74, 6) is -2.91. The van der Waals surface area contributed by atoms with E-state index in [4.69, 9.17) is 0 Å². The van der Waals surface area contributed by atoms with Gasteiger partial charge in [0.05, 0.1) is 18.8 Å². The smallest absolute Gasteiger partial charge is 0.289 e. The van der Waals surface area contributed by atoms with Gasteiger partial charge in [0.1, 0.15) is 17.8 Å². The molecule has 3 aliphatic carbocycles. The predicted molar refractivity (Wildman–Crippen MR) is 187 cm³/mol. The maximum absolute atomic E-state index is 14.6. The lowest BCUT2D eigenvalue weighted by molar-refractivity contribution is -0.144. The molecule has 0 aromatic carbocycles. The van der Waals surface area contributed by atoms with Gasteiger partial charge in [-0.3, -0.25) is 33.8 Å². The minimum absolute atomic E-state index is 0.00790. The molecule has 0 bridgehead atoms. The number of nitrogens with zero attached hydrogens (tertiary/aromatic N) is 3. The van der Waals surface area contributed by atoms with Crippen LogP contribution in [0.1, 0.15) is 122 Å². The second kappa shape index (κ2) is 17.8. The molecule has 13 nitrogen and oxygen atoms in total. The normalized spacial score (nSPS) is 21.3. The van der Waals surface area contributed by atoms with Gasteiger partial charge in [-0.2, -0.15) is 0 Å². The Morgan fingerprint density at radius 3 is 2.20 bits per heavy atom. The summed E-state index contributed by atoms with van der Waals surface area (Å²) >= 11 is 0. The highest BCUT2D eigenvalue weighted by atomic mass is 16.2. The molecule has 0 aliphatic heterocycles. The molecule has 50 heavy (non-hydrogen) atoms. The first-order valence-corrected chi connectivity index (χ1v) is 18.6. The number of hydrogen-bond donors (Lipinski definition) is 4. The molecule has 4 N–H and O–H groups in total. The van der Waals surface area contributed by atoms with Gasteiger partial charge in [0.2, 0.25) is 23.5 Å². The quantitative estimate of drug-likeness (QED) is 0.191. The van der Waals surface area contributed by atoms with Crippen molar-refractivity contribution in [2.45, 2.75) is 136 Å². The fourth-order valence-corrected chi connectivity index (χ4v) is 7.18. The van der Waals surface area contributed by atoms with E-state index in [0.29, 0.717) is 25.3 Å².